The summed E-state index contributed by atoms with van der Waals surface area (Å²) in [6.07, 6.45) is 1.91. The van der Waals surface area contributed by atoms with Crippen molar-refractivity contribution >= 4 is 27.3 Å². The Hall–Kier alpha value is -2.54. The van der Waals surface area contributed by atoms with Crippen LogP contribution in [-0.2, 0) is 21.2 Å². The van der Waals surface area contributed by atoms with Crippen LogP contribution in [0.5, 0.6) is 5.75 Å². The second kappa shape index (κ2) is 6.56. The molecule has 1 saturated heterocycles. The number of rotatable bonds is 4. The zero-order valence-electron chi connectivity index (χ0n) is 15.4. The Morgan fingerprint density at radius 3 is 2.59 bits per heavy atom. The summed E-state index contributed by atoms with van der Waals surface area (Å²) < 4.78 is 33.7. The van der Waals surface area contributed by atoms with Crippen molar-refractivity contribution in [2.24, 2.45) is 0 Å². The second-order valence-electron chi connectivity index (χ2n) is 6.97. The molecule has 0 unspecified atom stereocenters. The highest BCUT2D eigenvalue weighted by molar-refractivity contribution is 7.92. The molecule has 0 aliphatic carbocycles. The van der Waals surface area contributed by atoms with Gasteiger partial charge in [-0.05, 0) is 49.6 Å². The second-order valence-corrected chi connectivity index (χ2v) is 8.78. The molecule has 2 aromatic rings. The normalized spacial score (nSPS) is 19.5. The maximum absolute atomic E-state index is 13.4. The molecule has 2 heterocycles. The van der Waals surface area contributed by atoms with E-state index in [0.29, 0.717) is 30.8 Å². The molecule has 2 aromatic carbocycles. The zero-order valence-corrected chi connectivity index (χ0v) is 16.2. The van der Waals surface area contributed by atoms with Crippen LogP contribution in [0.4, 0.5) is 11.4 Å². The Kier molecular flexibility index (Phi) is 4.34. The van der Waals surface area contributed by atoms with Crippen LogP contribution < -0.4 is 13.9 Å². The molecular formula is C20H22N2O4S. The first-order valence-corrected chi connectivity index (χ1v) is 10.5. The summed E-state index contributed by atoms with van der Waals surface area (Å²) in [6.45, 7) is 2.48. The third-order valence-corrected chi connectivity index (χ3v) is 7.14. The van der Waals surface area contributed by atoms with Crippen LogP contribution in [0.3, 0.4) is 0 Å². The Morgan fingerprint density at radius 2 is 1.89 bits per heavy atom. The van der Waals surface area contributed by atoms with Crippen LogP contribution in [-0.4, -0.2) is 34.0 Å². The first-order valence-electron chi connectivity index (χ1n) is 9.04. The topological polar surface area (TPSA) is 66.9 Å². The maximum atomic E-state index is 13.4. The molecule has 0 radical (unpaired) electrons. The van der Waals surface area contributed by atoms with Crippen LogP contribution in [0.25, 0.3) is 0 Å². The van der Waals surface area contributed by atoms with Crippen molar-refractivity contribution in [2.45, 2.75) is 37.1 Å². The fraction of sp³-hybridized carbons (Fsp3) is 0.350. The quantitative estimate of drug-likeness (QED) is 0.810. The summed E-state index contributed by atoms with van der Waals surface area (Å²) in [7, 11) is -2.24. The van der Waals surface area contributed by atoms with Gasteiger partial charge in [0.25, 0.3) is 10.0 Å². The van der Waals surface area contributed by atoms with Crippen LogP contribution >= 0.6 is 0 Å². The summed E-state index contributed by atoms with van der Waals surface area (Å²) in [5.41, 5.74) is 2.26. The molecule has 0 saturated carbocycles. The van der Waals surface area contributed by atoms with E-state index in [9.17, 15) is 13.2 Å². The molecule has 4 rings (SSSR count). The first kappa shape index (κ1) is 17.9. The highest BCUT2D eigenvalue weighted by Crippen LogP contribution is 2.39. The SMILES string of the molecule is COc1ccc(S(=O)(=O)N2c3ccccc3C[C@@H]2C)cc1N1CCCC1=O. The van der Waals surface area contributed by atoms with Gasteiger partial charge >= 0.3 is 0 Å². The summed E-state index contributed by atoms with van der Waals surface area (Å²) in [5.74, 6) is 0.488. The minimum Gasteiger partial charge on any atom is -0.495 e. The number of hydrogen-bond acceptors (Lipinski definition) is 4. The summed E-state index contributed by atoms with van der Waals surface area (Å²) >= 11 is 0. The summed E-state index contributed by atoms with van der Waals surface area (Å²) in [6, 6.07) is 12.1. The Morgan fingerprint density at radius 1 is 1.11 bits per heavy atom. The molecule has 1 amide bonds. The fourth-order valence-corrected chi connectivity index (χ4v) is 5.67. The van der Waals surface area contributed by atoms with Gasteiger partial charge in [-0.2, -0.15) is 0 Å². The lowest BCUT2D eigenvalue weighted by atomic mass is 10.1. The lowest BCUT2D eigenvalue weighted by molar-refractivity contribution is -0.117. The van der Waals surface area contributed by atoms with E-state index in [2.05, 4.69) is 0 Å². The molecule has 1 fully saturated rings. The molecule has 6 nitrogen and oxygen atoms in total. The van der Waals surface area contributed by atoms with Crippen LogP contribution in [0.1, 0.15) is 25.3 Å². The Balaban J connectivity index is 1.80. The number of hydrogen-bond donors (Lipinski definition) is 0. The summed E-state index contributed by atoms with van der Waals surface area (Å²) in [4.78, 5) is 14.0. The molecule has 2 aliphatic heterocycles. The molecule has 0 N–H and O–H groups in total. The van der Waals surface area contributed by atoms with Gasteiger partial charge in [0.15, 0.2) is 0 Å². The van der Waals surface area contributed by atoms with Crippen molar-refractivity contribution in [1.82, 2.24) is 0 Å². The lowest BCUT2D eigenvalue weighted by Crippen LogP contribution is -2.36. The van der Waals surface area contributed by atoms with E-state index in [-0.39, 0.29) is 16.8 Å². The van der Waals surface area contributed by atoms with E-state index in [0.717, 1.165) is 17.7 Å². The van der Waals surface area contributed by atoms with Gasteiger partial charge in [-0.25, -0.2) is 8.42 Å². The van der Waals surface area contributed by atoms with Crippen LogP contribution in [0.15, 0.2) is 47.4 Å². The zero-order chi connectivity index (χ0) is 19.2. The molecule has 1 atom stereocenters. The van der Waals surface area contributed by atoms with Crippen molar-refractivity contribution in [1.29, 1.82) is 0 Å². The predicted octanol–water partition coefficient (Wildman–Crippen LogP) is 2.96. The van der Waals surface area contributed by atoms with Gasteiger partial charge < -0.3 is 9.64 Å². The Labute approximate surface area is 159 Å². The third kappa shape index (κ3) is 2.86. The van der Waals surface area contributed by atoms with E-state index in [4.69, 9.17) is 4.74 Å². The highest BCUT2D eigenvalue weighted by atomic mass is 32.2. The molecule has 7 heteroatoms. The fourth-order valence-electron chi connectivity index (χ4n) is 3.96. The summed E-state index contributed by atoms with van der Waals surface area (Å²) in [5, 5.41) is 0. The number of carbonyl (C=O) groups is 1. The predicted molar refractivity (Wildman–Crippen MR) is 104 cm³/mol. The van der Waals surface area contributed by atoms with Crippen LogP contribution in [0, 0.1) is 0 Å². The van der Waals surface area contributed by atoms with Crippen molar-refractivity contribution in [3.05, 3.63) is 48.0 Å². The smallest absolute Gasteiger partial charge is 0.264 e. The third-order valence-electron chi connectivity index (χ3n) is 5.22. The number of para-hydroxylation sites is 1. The number of nitrogens with zero attached hydrogens (tertiary/aromatic N) is 2. The van der Waals surface area contributed by atoms with E-state index in [1.54, 1.807) is 23.1 Å². The number of anilines is 2. The average Bonchev–Trinajstić information content (AvgIpc) is 3.23. The standard InChI is InChI=1S/C20H22N2O4S/c1-14-12-15-6-3-4-7-17(15)22(14)27(24,25)16-9-10-19(26-2)18(13-16)21-11-5-8-20(21)23/h3-4,6-7,9-10,13-14H,5,8,11-12H2,1-2H3/t14-/m0/s1. The number of ether oxygens (including phenoxy) is 1. The van der Waals surface area contributed by atoms with E-state index in [1.807, 2.05) is 31.2 Å². The van der Waals surface area contributed by atoms with Crippen LogP contribution in [0.2, 0.25) is 0 Å². The Bertz CT molecular complexity index is 1000. The largest absolute Gasteiger partial charge is 0.495 e. The number of carbonyl (C=O) groups excluding carboxylic acids is 1. The van der Waals surface area contributed by atoms with Gasteiger partial charge in [-0.3, -0.25) is 9.10 Å². The average molecular weight is 386 g/mol. The van der Waals surface area contributed by atoms with Crippen molar-refractivity contribution in [2.75, 3.05) is 22.9 Å². The number of fused-ring (bicyclic) bond motifs is 1. The van der Waals surface area contributed by atoms with Gasteiger partial charge in [0.05, 0.1) is 23.4 Å². The van der Waals surface area contributed by atoms with Crippen molar-refractivity contribution in [3.8, 4) is 5.75 Å². The lowest BCUT2D eigenvalue weighted by Gasteiger charge is -2.26. The number of sulfonamides is 1. The van der Waals surface area contributed by atoms with Gasteiger partial charge in [-0.1, -0.05) is 18.2 Å². The molecule has 2 aliphatic rings. The molecule has 0 aromatic heterocycles. The van der Waals surface area contributed by atoms with Crippen molar-refractivity contribution in [3.63, 3.8) is 0 Å². The monoisotopic (exact) mass is 386 g/mol. The van der Waals surface area contributed by atoms with E-state index < -0.39 is 10.0 Å². The van der Waals surface area contributed by atoms with Gasteiger partial charge in [0.1, 0.15) is 5.75 Å². The number of benzene rings is 2. The first-order chi connectivity index (χ1) is 12.9. The molecular weight excluding hydrogens is 364 g/mol. The molecule has 0 spiro atoms. The maximum Gasteiger partial charge on any atom is 0.264 e. The molecule has 27 heavy (non-hydrogen) atoms. The molecule has 0 bridgehead atoms. The minimum atomic E-state index is -3.76. The van der Waals surface area contributed by atoms with Crippen molar-refractivity contribution < 1.29 is 17.9 Å². The minimum absolute atomic E-state index is 0.0114. The highest BCUT2D eigenvalue weighted by Gasteiger charge is 2.36. The number of methoxy groups -OCH3 is 1. The van der Waals surface area contributed by atoms with E-state index in [1.165, 1.54) is 11.4 Å². The van der Waals surface area contributed by atoms with Gasteiger partial charge in [0, 0.05) is 19.0 Å². The molecule has 142 valence electrons. The van der Waals surface area contributed by atoms with Gasteiger partial charge in [0.2, 0.25) is 5.91 Å². The van der Waals surface area contributed by atoms with Gasteiger partial charge in [-0.15, -0.1) is 0 Å². The van der Waals surface area contributed by atoms with E-state index >= 15 is 0 Å². The number of amides is 1.